The summed E-state index contributed by atoms with van der Waals surface area (Å²) in [5, 5.41) is 3.78. The van der Waals surface area contributed by atoms with Crippen molar-refractivity contribution in [2.24, 2.45) is 0 Å². The van der Waals surface area contributed by atoms with Crippen molar-refractivity contribution in [2.75, 3.05) is 13.6 Å². The first-order valence-corrected chi connectivity index (χ1v) is 8.17. The zero-order chi connectivity index (χ0) is 14.2. The molecule has 1 atom stereocenters. The van der Waals surface area contributed by atoms with Gasteiger partial charge in [-0.15, -0.1) is 11.8 Å². The zero-order valence-electron chi connectivity index (χ0n) is 12.3. The molecule has 1 N–H and O–H groups in total. The maximum Gasteiger partial charge on any atom is 0.0356 e. The lowest BCUT2D eigenvalue weighted by Gasteiger charge is -2.18. The van der Waals surface area contributed by atoms with Crippen molar-refractivity contribution in [3.63, 3.8) is 0 Å². The number of hydrogen-bond acceptors (Lipinski definition) is 2. The van der Waals surface area contributed by atoms with Crippen LogP contribution in [0.3, 0.4) is 0 Å². The SMILES string of the molecule is CCc1ccccc1SC(CCNC)c1ccccc1. The van der Waals surface area contributed by atoms with E-state index in [4.69, 9.17) is 0 Å². The number of hydrogen-bond donors (Lipinski definition) is 1. The van der Waals surface area contributed by atoms with Crippen LogP contribution in [-0.2, 0) is 6.42 Å². The van der Waals surface area contributed by atoms with E-state index in [-0.39, 0.29) is 0 Å². The summed E-state index contributed by atoms with van der Waals surface area (Å²) in [5.41, 5.74) is 2.86. The molecule has 0 amide bonds. The van der Waals surface area contributed by atoms with Crippen LogP contribution in [0.15, 0.2) is 59.5 Å². The summed E-state index contributed by atoms with van der Waals surface area (Å²) in [5.74, 6) is 0. The second-order valence-corrected chi connectivity index (χ2v) is 6.12. The summed E-state index contributed by atoms with van der Waals surface area (Å²) in [4.78, 5) is 1.42. The summed E-state index contributed by atoms with van der Waals surface area (Å²) in [6, 6.07) is 19.6. The van der Waals surface area contributed by atoms with Gasteiger partial charge in [0.15, 0.2) is 0 Å². The van der Waals surface area contributed by atoms with Gasteiger partial charge in [-0.3, -0.25) is 0 Å². The molecule has 106 valence electrons. The van der Waals surface area contributed by atoms with E-state index in [0.29, 0.717) is 5.25 Å². The lowest BCUT2D eigenvalue weighted by Crippen LogP contribution is -2.11. The highest BCUT2D eigenvalue weighted by Crippen LogP contribution is 2.39. The Morgan fingerprint density at radius 1 is 1.00 bits per heavy atom. The molecule has 2 heteroatoms. The second kappa shape index (κ2) is 8.13. The Bertz CT molecular complexity index is 510. The minimum atomic E-state index is 0.511. The van der Waals surface area contributed by atoms with Crippen LogP contribution in [0.2, 0.25) is 0 Å². The molecule has 0 saturated heterocycles. The smallest absolute Gasteiger partial charge is 0.0356 e. The van der Waals surface area contributed by atoms with Crippen LogP contribution < -0.4 is 5.32 Å². The van der Waals surface area contributed by atoms with Crippen LogP contribution in [0, 0.1) is 0 Å². The van der Waals surface area contributed by atoms with E-state index in [0.717, 1.165) is 19.4 Å². The molecule has 0 radical (unpaired) electrons. The Morgan fingerprint density at radius 2 is 1.70 bits per heavy atom. The van der Waals surface area contributed by atoms with Gasteiger partial charge in [0.2, 0.25) is 0 Å². The van der Waals surface area contributed by atoms with Gasteiger partial charge in [0.1, 0.15) is 0 Å². The highest BCUT2D eigenvalue weighted by atomic mass is 32.2. The Hall–Kier alpha value is -1.25. The van der Waals surface area contributed by atoms with Crippen molar-refractivity contribution in [1.82, 2.24) is 5.32 Å². The van der Waals surface area contributed by atoms with E-state index < -0.39 is 0 Å². The lowest BCUT2D eigenvalue weighted by molar-refractivity contribution is 0.714. The van der Waals surface area contributed by atoms with Crippen molar-refractivity contribution < 1.29 is 0 Å². The largest absolute Gasteiger partial charge is 0.320 e. The number of thioether (sulfide) groups is 1. The highest BCUT2D eigenvalue weighted by molar-refractivity contribution is 7.99. The molecular formula is C18H23NS. The first-order valence-electron chi connectivity index (χ1n) is 7.29. The number of rotatable bonds is 7. The Morgan fingerprint density at radius 3 is 2.40 bits per heavy atom. The molecule has 0 saturated carbocycles. The second-order valence-electron chi connectivity index (χ2n) is 4.87. The predicted octanol–water partition coefficient (Wildman–Crippen LogP) is 4.69. The van der Waals surface area contributed by atoms with E-state index in [9.17, 15) is 0 Å². The lowest BCUT2D eigenvalue weighted by atomic mass is 10.1. The van der Waals surface area contributed by atoms with Crippen molar-refractivity contribution >= 4 is 11.8 Å². The van der Waals surface area contributed by atoms with Crippen molar-refractivity contribution in [3.8, 4) is 0 Å². The summed E-state index contributed by atoms with van der Waals surface area (Å²) in [6.45, 7) is 3.27. The van der Waals surface area contributed by atoms with E-state index in [1.165, 1.54) is 16.0 Å². The van der Waals surface area contributed by atoms with Crippen LogP contribution in [0.1, 0.15) is 29.7 Å². The molecule has 0 bridgehead atoms. The molecule has 2 rings (SSSR count). The van der Waals surface area contributed by atoms with E-state index >= 15 is 0 Å². The number of benzene rings is 2. The maximum absolute atomic E-state index is 3.27. The monoisotopic (exact) mass is 285 g/mol. The first kappa shape index (κ1) is 15.1. The molecule has 1 nitrogen and oxygen atoms in total. The molecule has 1 unspecified atom stereocenters. The van der Waals surface area contributed by atoms with Crippen molar-refractivity contribution in [1.29, 1.82) is 0 Å². The van der Waals surface area contributed by atoms with Gasteiger partial charge in [-0.1, -0.05) is 55.5 Å². The topological polar surface area (TPSA) is 12.0 Å². The summed E-state index contributed by atoms with van der Waals surface area (Å²) < 4.78 is 0. The molecule has 0 aliphatic carbocycles. The van der Waals surface area contributed by atoms with Crippen LogP contribution in [-0.4, -0.2) is 13.6 Å². The molecular weight excluding hydrogens is 262 g/mol. The summed E-state index contributed by atoms with van der Waals surface area (Å²) >= 11 is 1.99. The average Bonchev–Trinajstić information content (AvgIpc) is 2.52. The quantitative estimate of drug-likeness (QED) is 0.741. The fourth-order valence-electron chi connectivity index (χ4n) is 2.30. The molecule has 0 aromatic heterocycles. The third-order valence-electron chi connectivity index (χ3n) is 3.45. The Balaban J connectivity index is 2.19. The molecule has 0 spiro atoms. The Labute approximate surface area is 126 Å². The molecule has 0 aliphatic rings. The van der Waals surface area contributed by atoms with E-state index in [2.05, 4.69) is 66.8 Å². The van der Waals surface area contributed by atoms with Gasteiger partial charge in [-0.05, 0) is 43.6 Å². The van der Waals surface area contributed by atoms with Gasteiger partial charge >= 0.3 is 0 Å². The normalized spacial score (nSPS) is 12.3. The molecule has 2 aromatic carbocycles. The molecule has 0 heterocycles. The van der Waals surface area contributed by atoms with E-state index in [1.54, 1.807) is 0 Å². The minimum absolute atomic E-state index is 0.511. The highest BCUT2D eigenvalue weighted by Gasteiger charge is 2.14. The summed E-state index contributed by atoms with van der Waals surface area (Å²) in [7, 11) is 2.02. The third-order valence-corrected chi connectivity index (χ3v) is 4.90. The molecule has 2 aromatic rings. The van der Waals surface area contributed by atoms with Gasteiger partial charge in [0.25, 0.3) is 0 Å². The van der Waals surface area contributed by atoms with Crippen LogP contribution in [0.5, 0.6) is 0 Å². The first-order chi connectivity index (χ1) is 9.85. The van der Waals surface area contributed by atoms with Crippen molar-refractivity contribution in [2.45, 2.75) is 29.9 Å². The molecule has 20 heavy (non-hydrogen) atoms. The fraction of sp³-hybridized carbons (Fsp3) is 0.333. The van der Waals surface area contributed by atoms with Crippen LogP contribution in [0.4, 0.5) is 0 Å². The van der Waals surface area contributed by atoms with Gasteiger partial charge in [-0.2, -0.15) is 0 Å². The summed E-state index contributed by atoms with van der Waals surface area (Å²) in [6.07, 6.45) is 2.24. The Kier molecular flexibility index (Phi) is 6.16. The standard InChI is InChI=1S/C18H23NS/c1-3-15-9-7-8-12-17(15)20-18(13-14-19-2)16-10-5-4-6-11-16/h4-12,18-19H,3,13-14H2,1-2H3. The van der Waals surface area contributed by atoms with Gasteiger partial charge in [-0.25, -0.2) is 0 Å². The maximum atomic E-state index is 3.27. The zero-order valence-corrected chi connectivity index (χ0v) is 13.1. The average molecular weight is 285 g/mol. The van der Waals surface area contributed by atoms with Crippen molar-refractivity contribution in [3.05, 3.63) is 65.7 Å². The van der Waals surface area contributed by atoms with Crippen LogP contribution in [0.25, 0.3) is 0 Å². The molecule has 0 aliphatic heterocycles. The van der Waals surface area contributed by atoms with Crippen LogP contribution >= 0.6 is 11.8 Å². The van der Waals surface area contributed by atoms with Gasteiger partial charge in [0.05, 0.1) is 0 Å². The fourth-order valence-corrected chi connectivity index (χ4v) is 3.66. The minimum Gasteiger partial charge on any atom is -0.320 e. The number of aryl methyl sites for hydroxylation is 1. The predicted molar refractivity (Wildman–Crippen MR) is 89.4 cm³/mol. The molecule has 0 fully saturated rings. The third kappa shape index (κ3) is 4.12. The van der Waals surface area contributed by atoms with Gasteiger partial charge in [0, 0.05) is 10.1 Å². The van der Waals surface area contributed by atoms with E-state index in [1.807, 2.05) is 18.8 Å². The number of nitrogens with one attached hydrogen (secondary N) is 1. The van der Waals surface area contributed by atoms with Gasteiger partial charge < -0.3 is 5.32 Å².